The first-order valence-electron chi connectivity index (χ1n) is 4.37. The van der Waals surface area contributed by atoms with Gasteiger partial charge in [0.15, 0.2) is 0 Å². The molecule has 0 saturated heterocycles. The molecule has 0 bridgehead atoms. The Morgan fingerprint density at radius 1 is 1.19 bits per heavy atom. The summed E-state index contributed by atoms with van der Waals surface area (Å²) < 4.78 is 1.92. The van der Waals surface area contributed by atoms with Crippen molar-refractivity contribution in [1.82, 2.24) is 0 Å². The molecule has 1 unspecified atom stereocenters. The van der Waals surface area contributed by atoms with Gasteiger partial charge in [-0.25, -0.2) is 0 Å². The highest BCUT2D eigenvalue weighted by Crippen LogP contribution is 2.40. The predicted octanol–water partition coefficient (Wildman–Crippen LogP) is 5.38. The van der Waals surface area contributed by atoms with E-state index >= 15 is 0 Å². The van der Waals surface area contributed by atoms with Gasteiger partial charge in [-0.1, -0.05) is 11.6 Å². The highest BCUT2D eigenvalue weighted by Gasteiger charge is 2.18. The van der Waals surface area contributed by atoms with Gasteiger partial charge in [-0.2, -0.15) is 0 Å². The van der Waals surface area contributed by atoms with Gasteiger partial charge in [-0.05, 0) is 56.5 Å². The van der Waals surface area contributed by atoms with E-state index in [0.29, 0.717) is 5.02 Å². The van der Waals surface area contributed by atoms with E-state index < -0.39 is 6.10 Å². The number of aryl methyl sites for hydroxylation is 1. The van der Waals surface area contributed by atoms with Crippen LogP contribution in [0.25, 0.3) is 0 Å². The Morgan fingerprint density at radius 3 is 2.19 bits per heavy atom. The van der Waals surface area contributed by atoms with E-state index in [1.165, 1.54) is 11.3 Å². The maximum Gasteiger partial charge on any atom is 0.122 e. The summed E-state index contributed by atoms with van der Waals surface area (Å²) in [6.45, 7) is 2.01. The first-order chi connectivity index (χ1) is 7.49. The van der Waals surface area contributed by atoms with E-state index in [4.69, 9.17) is 11.6 Å². The van der Waals surface area contributed by atoms with Crippen LogP contribution in [0, 0.1) is 6.92 Å². The molecule has 2 heterocycles. The van der Waals surface area contributed by atoms with Crippen LogP contribution < -0.4 is 0 Å². The molecule has 0 radical (unpaired) electrons. The summed E-state index contributed by atoms with van der Waals surface area (Å²) in [6, 6.07) is 3.78. The topological polar surface area (TPSA) is 20.2 Å². The van der Waals surface area contributed by atoms with E-state index in [0.717, 1.165) is 22.9 Å². The van der Waals surface area contributed by atoms with Crippen LogP contribution in [0.2, 0.25) is 5.02 Å². The highest BCUT2D eigenvalue weighted by molar-refractivity contribution is 9.11. The molecule has 0 spiro atoms. The lowest BCUT2D eigenvalue weighted by Gasteiger charge is -2.04. The minimum absolute atomic E-state index is 0.594. The first kappa shape index (κ1) is 13.1. The van der Waals surface area contributed by atoms with Gasteiger partial charge in [0, 0.05) is 9.75 Å². The van der Waals surface area contributed by atoms with Crippen molar-refractivity contribution in [2.75, 3.05) is 0 Å². The molecule has 0 amide bonds. The van der Waals surface area contributed by atoms with Gasteiger partial charge in [-0.3, -0.25) is 0 Å². The zero-order valence-electron chi connectivity index (χ0n) is 8.13. The van der Waals surface area contributed by atoms with Gasteiger partial charge >= 0.3 is 0 Å². The van der Waals surface area contributed by atoms with Crippen LogP contribution in [0.15, 0.2) is 19.7 Å². The molecule has 86 valence electrons. The lowest BCUT2D eigenvalue weighted by molar-refractivity contribution is 0.228. The summed E-state index contributed by atoms with van der Waals surface area (Å²) in [5.41, 5.74) is 1.14. The number of hydrogen-bond acceptors (Lipinski definition) is 3. The molecule has 2 rings (SSSR count). The van der Waals surface area contributed by atoms with Crippen molar-refractivity contribution in [2.45, 2.75) is 13.0 Å². The van der Waals surface area contributed by atoms with Crippen LogP contribution in [0.3, 0.4) is 0 Å². The molecule has 0 saturated carbocycles. The standard InChI is InChI=1S/C10H7Br2ClOS2/c1-4-2-6(15-9(4)11)8(14)7-3-5(13)10(12)16-7/h2-3,8,14H,1H3. The summed E-state index contributed by atoms with van der Waals surface area (Å²) in [4.78, 5) is 1.78. The predicted molar refractivity (Wildman–Crippen MR) is 77.8 cm³/mol. The van der Waals surface area contributed by atoms with Crippen molar-refractivity contribution < 1.29 is 5.11 Å². The largest absolute Gasteiger partial charge is 0.382 e. The van der Waals surface area contributed by atoms with Gasteiger partial charge in [0.25, 0.3) is 0 Å². The molecule has 2 aromatic heterocycles. The molecule has 0 aliphatic rings. The van der Waals surface area contributed by atoms with Gasteiger partial charge < -0.3 is 5.11 Å². The fourth-order valence-corrected chi connectivity index (χ4v) is 4.66. The van der Waals surface area contributed by atoms with Crippen LogP contribution in [0.4, 0.5) is 0 Å². The van der Waals surface area contributed by atoms with E-state index in [-0.39, 0.29) is 0 Å². The number of aliphatic hydroxyl groups is 1. The minimum Gasteiger partial charge on any atom is -0.382 e. The SMILES string of the molecule is Cc1cc(C(O)c2cc(Cl)c(Br)s2)sc1Br. The van der Waals surface area contributed by atoms with Gasteiger partial charge in [0.05, 0.1) is 12.6 Å². The Labute approximate surface area is 123 Å². The van der Waals surface area contributed by atoms with Crippen molar-refractivity contribution in [2.24, 2.45) is 0 Å². The third-order valence-electron chi connectivity index (χ3n) is 2.08. The van der Waals surface area contributed by atoms with Crippen LogP contribution in [-0.2, 0) is 0 Å². The average molecular weight is 403 g/mol. The van der Waals surface area contributed by atoms with Gasteiger partial charge in [-0.15, -0.1) is 22.7 Å². The molecule has 0 aliphatic heterocycles. The summed E-state index contributed by atoms with van der Waals surface area (Å²) in [7, 11) is 0. The van der Waals surface area contributed by atoms with Crippen molar-refractivity contribution in [1.29, 1.82) is 0 Å². The molecule has 2 aromatic rings. The Balaban J connectivity index is 2.34. The smallest absolute Gasteiger partial charge is 0.122 e. The minimum atomic E-state index is -0.594. The Hall–Kier alpha value is 0.610. The van der Waals surface area contributed by atoms with E-state index in [1.807, 2.05) is 13.0 Å². The summed E-state index contributed by atoms with van der Waals surface area (Å²) in [5, 5.41) is 10.8. The van der Waals surface area contributed by atoms with Gasteiger partial charge in [0.2, 0.25) is 0 Å². The number of thiophene rings is 2. The zero-order valence-corrected chi connectivity index (χ0v) is 13.7. The summed E-state index contributed by atoms with van der Waals surface area (Å²) in [6.07, 6.45) is -0.594. The van der Waals surface area contributed by atoms with Gasteiger partial charge in [0.1, 0.15) is 6.10 Å². The van der Waals surface area contributed by atoms with Crippen molar-refractivity contribution >= 4 is 66.1 Å². The molecule has 0 aromatic carbocycles. The maximum atomic E-state index is 10.2. The Morgan fingerprint density at radius 2 is 1.75 bits per heavy atom. The van der Waals surface area contributed by atoms with Crippen LogP contribution >= 0.6 is 66.1 Å². The first-order valence-corrected chi connectivity index (χ1v) is 7.97. The summed E-state index contributed by atoms with van der Waals surface area (Å²) in [5.74, 6) is 0. The zero-order chi connectivity index (χ0) is 11.9. The van der Waals surface area contributed by atoms with Crippen molar-refractivity contribution in [3.63, 3.8) is 0 Å². The van der Waals surface area contributed by atoms with Crippen molar-refractivity contribution in [3.8, 4) is 0 Å². The summed E-state index contributed by atoms with van der Waals surface area (Å²) >= 11 is 15.7. The highest BCUT2D eigenvalue weighted by atomic mass is 79.9. The molecular formula is C10H7Br2ClOS2. The second-order valence-electron chi connectivity index (χ2n) is 3.28. The van der Waals surface area contributed by atoms with E-state index in [2.05, 4.69) is 31.9 Å². The third kappa shape index (κ3) is 2.54. The quantitative estimate of drug-likeness (QED) is 0.715. The van der Waals surface area contributed by atoms with Crippen LogP contribution in [0.5, 0.6) is 0 Å². The molecule has 1 atom stereocenters. The Kier molecular flexibility index (Phi) is 4.14. The monoisotopic (exact) mass is 400 g/mol. The maximum absolute atomic E-state index is 10.2. The fourth-order valence-electron chi connectivity index (χ4n) is 1.26. The van der Waals surface area contributed by atoms with Crippen LogP contribution in [0.1, 0.15) is 21.4 Å². The van der Waals surface area contributed by atoms with Crippen molar-refractivity contribution in [3.05, 3.63) is 40.0 Å². The molecule has 16 heavy (non-hydrogen) atoms. The number of rotatable bonds is 2. The molecular weight excluding hydrogens is 396 g/mol. The molecule has 0 fully saturated rings. The molecule has 6 heteroatoms. The molecule has 0 aliphatic carbocycles. The lowest BCUT2D eigenvalue weighted by atomic mass is 10.2. The molecule has 1 nitrogen and oxygen atoms in total. The average Bonchev–Trinajstić information content (AvgIpc) is 2.72. The normalized spacial score (nSPS) is 13.1. The fraction of sp³-hybridized carbons (Fsp3) is 0.200. The molecule has 1 N–H and O–H groups in total. The number of hydrogen-bond donors (Lipinski definition) is 1. The number of aliphatic hydroxyl groups excluding tert-OH is 1. The van der Waals surface area contributed by atoms with E-state index in [9.17, 15) is 5.11 Å². The Bertz CT molecular complexity index is 436. The lowest BCUT2D eigenvalue weighted by Crippen LogP contribution is -1.92. The second kappa shape index (κ2) is 5.08. The van der Waals surface area contributed by atoms with Crippen LogP contribution in [-0.4, -0.2) is 5.11 Å². The second-order valence-corrected chi connectivity index (χ2v) is 8.49. The number of halogens is 3. The van der Waals surface area contributed by atoms with E-state index in [1.54, 1.807) is 17.4 Å². The third-order valence-corrected chi connectivity index (χ3v) is 6.80.